The minimum Gasteiger partial charge on any atom is -0.436 e. The fourth-order valence-corrected chi connectivity index (χ4v) is 2.04. The number of nitrogens with one attached hydrogen (secondary N) is 1. The van der Waals surface area contributed by atoms with Crippen molar-refractivity contribution in [2.45, 2.75) is 13.8 Å². The van der Waals surface area contributed by atoms with E-state index in [1.807, 2.05) is 44.4 Å². The third-order valence-electron chi connectivity index (χ3n) is 2.74. The van der Waals surface area contributed by atoms with E-state index >= 15 is 0 Å². The fraction of sp³-hybridized carbons (Fsp3) is 0.471. The Labute approximate surface area is 127 Å². The van der Waals surface area contributed by atoms with Gasteiger partial charge in [0.25, 0.3) is 0 Å². The molecule has 0 saturated carbocycles. The average molecular weight is 288 g/mol. The average Bonchev–Trinajstić information content (AvgIpc) is 2.41. The first-order chi connectivity index (χ1) is 9.89. The minimum absolute atomic E-state index is 0.00175. The molecular formula is C17H24N2O2. The topological polar surface area (TPSA) is 41.6 Å². The summed E-state index contributed by atoms with van der Waals surface area (Å²) in [6.07, 6.45) is -0.427. The molecule has 1 aromatic carbocycles. The standard InChI is InChI=1S/C17H24N2O2/c1-17(2,14-19(3)4)13-18-16(20)21-12-8-11-15-9-6-5-7-10-15/h5-7,9-10H,12-14H2,1-4H3,(H,18,20). The number of rotatable bonds is 5. The Balaban J connectivity index is 2.27. The van der Waals surface area contributed by atoms with E-state index in [1.165, 1.54) is 0 Å². The molecule has 0 heterocycles. The van der Waals surface area contributed by atoms with Gasteiger partial charge in [0, 0.05) is 18.7 Å². The van der Waals surface area contributed by atoms with Crippen molar-refractivity contribution in [3.63, 3.8) is 0 Å². The number of benzene rings is 1. The summed E-state index contributed by atoms with van der Waals surface area (Å²) in [5.41, 5.74) is 0.909. The monoisotopic (exact) mass is 288 g/mol. The summed E-state index contributed by atoms with van der Waals surface area (Å²) >= 11 is 0. The molecule has 0 aromatic heterocycles. The second-order valence-corrected chi connectivity index (χ2v) is 6.00. The van der Waals surface area contributed by atoms with Gasteiger partial charge in [0.1, 0.15) is 0 Å². The lowest BCUT2D eigenvalue weighted by Crippen LogP contribution is -2.40. The maximum Gasteiger partial charge on any atom is 0.408 e. The van der Waals surface area contributed by atoms with Gasteiger partial charge in [-0.05, 0) is 31.6 Å². The highest BCUT2D eigenvalue weighted by Gasteiger charge is 2.19. The highest BCUT2D eigenvalue weighted by Crippen LogP contribution is 2.13. The zero-order valence-electron chi connectivity index (χ0n) is 13.3. The van der Waals surface area contributed by atoms with E-state index in [1.54, 1.807) is 0 Å². The molecule has 0 unspecified atom stereocenters. The van der Waals surface area contributed by atoms with Crippen molar-refractivity contribution in [1.82, 2.24) is 10.2 Å². The number of alkyl carbamates (subject to hydrolysis) is 1. The summed E-state index contributed by atoms with van der Waals surface area (Å²) in [5, 5.41) is 2.77. The van der Waals surface area contributed by atoms with Gasteiger partial charge in [-0.25, -0.2) is 4.79 Å². The molecule has 0 radical (unpaired) electrons. The van der Waals surface area contributed by atoms with Crippen LogP contribution in [0.5, 0.6) is 0 Å². The summed E-state index contributed by atoms with van der Waals surface area (Å²) in [4.78, 5) is 13.7. The molecule has 0 saturated heterocycles. The SMILES string of the molecule is CN(C)CC(C)(C)CNC(=O)OCC#Cc1ccccc1. The lowest BCUT2D eigenvalue weighted by atomic mass is 9.93. The summed E-state index contributed by atoms with van der Waals surface area (Å²) in [6.45, 7) is 5.75. The van der Waals surface area contributed by atoms with Gasteiger partial charge >= 0.3 is 6.09 Å². The molecule has 0 aliphatic heterocycles. The molecule has 4 heteroatoms. The Morgan fingerprint density at radius 2 is 1.95 bits per heavy atom. The summed E-state index contributed by atoms with van der Waals surface area (Å²) < 4.78 is 5.03. The quantitative estimate of drug-likeness (QED) is 0.846. The van der Waals surface area contributed by atoms with E-state index < -0.39 is 6.09 Å². The fourth-order valence-electron chi connectivity index (χ4n) is 2.04. The normalized spacial score (nSPS) is 10.7. The number of hydrogen-bond donors (Lipinski definition) is 1. The highest BCUT2D eigenvalue weighted by molar-refractivity contribution is 5.67. The van der Waals surface area contributed by atoms with Crippen molar-refractivity contribution < 1.29 is 9.53 Å². The van der Waals surface area contributed by atoms with Crippen LogP contribution in [0.25, 0.3) is 0 Å². The van der Waals surface area contributed by atoms with Crippen LogP contribution in [0.4, 0.5) is 4.79 Å². The Kier molecular flexibility index (Phi) is 6.77. The Morgan fingerprint density at radius 1 is 1.29 bits per heavy atom. The van der Waals surface area contributed by atoms with Crippen LogP contribution in [0.2, 0.25) is 0 Å². The molecule has 1 aromatic rings. The van der Waals surface area contributed by atoms with Crippen LogP contribution in [0.15, 0.2) is 30.3 Å². The van der Waals surface area contributed by atoms with E-state index in [4.69, 9.17) is 4.74 Å². The van der Waals surface area contributed by atoms with Gasteiger partial charge in [0.05, 0.1) is 0 Å². The van der Waals surface area contributed by atoms with Crippen LogP contribution in [0, 0.1) is 17.3 Å². The van der Waals surface area contributed by atoms with Crippen LogP contribution in [-0.2, 0) is 4.74 Å². The second-order valence-electron chi connectivity index (χ2n) is 6.00. The smallest absolute Gasteiger partial charge is 0.408 e. The zero-order chi connectivity index (χ0) is 15.7. The predicted octanol–water partition coefficient (Wildman–Crippen LogP) is 2.35. The molecule has 21 heavy (non-hydrogen) atoms. The van der Waals surface area contributed by atoms with Gasteiger partial charge in [-0.15, -0.1) is 0 Å². The predicted molar refractivity (Wildman–Crippen MR) is 85.0 cm³/mol. The Bertz CT molecular complexity index is 499. The van der Waals surface area contributed by atoms with Crippen molar-refractivity contribution in [3.05, 3.63) is 35.9 Å². The summed E-state index contributed by atoms with van der Waals surface area (Å²) in [6, 6.07) is 9.60. The van der Waals surface area contributed by atoms with Crippen molar-refractivity contribution in [2.24, 2.45) is 5.41 Å². The molecular weight excluding hydrogens is 264 g/mol. The molecule has 1 rings (SSSR count). The number of ether oxygens (including phenoxy) is 1. The first kappa shape index (κ1) is 17.1. The summed E-state index contributed by atoms with van der Waals surface area (Å²) in [7, 11) is 4.03. The molecule has 0 aliphatic rings. The van der Waals surface area contributed by atoms with Crippen LogP contribution < -0.4 is 5.32 Å². The van der Waals surface area contributed by atoms with E-state index in [9.17, 15) is 4.79 Å². The molecule has 0 fully saturated rings. The minimum atomic E-state index is -0.427. The Hall–Kier alpha value is -1.99. The van der Waals surface area contributed by atoms with Crippen molar-refractivity contribution in [1.29, 1.82) is 0 Å². The van der Waals surface area contributed by atoms with E-state index in [2.05, 4.69) is 35.9 Å². The van der Waals surface area contributed by atoms with E-state index in [-0.39, 0.29) is 12.0 Å². The molecule has 0 aliphatic carbocycles. The summed E-state index contributed by atoms with van der Waals surface area (Å²) in [5.74, 6) is 5.76. The largest absolute Gasteiger partial charge is 0.436 e. The molecule has 4 nitrogen and oxygen atoms in total. The van der Waals surface area contributed by atoms with Gasteiger partial charge in [-0.1, -0.05) is 43.9 Å². The third kappa shape index (κ3) is 8.01. The molecule has 1 amide bonds. The van der Waals surface area contributed by atoms with Crippen LogP contribution in [0.3, 0.4) is 0 Å². The van der Waals surface area contributed by atoms with Crippen molar-refractivity contribution >= 4 is 6.09 Å². The lowest BCUT2D eigenvalue weighted by Gasteiger charge is -2.28. The Morgan fingerprint density at radius 3 is 2.57 bits per heavy atom. The van der Waals surface area contributed by atoms with Gasteiger partial charge in [-0.2, -0.15) is 0 Å². The van der Waals surface area contributed by atoms with Gasteiger partial charge in [0.2, 0.25) is 0 Å². The first-order valence-corrected chi connectivity index (χ1v) is 6.98. The maximum absolute atomic E-state index is 11.6. The molecule has 114 valence electrons. The van der Waals surface area contributed by atoms with Crippen LogP contribution in [0.1, 0.15) is 19.4 Å². The van der Waals surface area contributed by atoms with Gasteiger partial charge in [0.15, 0.2) is 6.61 Å². The maximum atomic E-state index is 11.6. The second kappa shape index (κ2) is 8.33. The third-order valence-corrected chi connectivity index (χ3v) is 2.74. The number of hydrogen-bond acceptors (Lipinski definition) is 3. The highest BCUT2D eigenvalue weighted by atomic mass is 16.5. The molecule has 0 bridgehead atoms. The molecule has 1 N–H and O–H groups in total. The number of carbonyl (C=O) groups excluding carboxylic acids is 1. The number of carbonyl (C=O) groups is 1. The molecule has 0 spiro atoms. The zero-order valence-corrected chi connectivity index (χ0v) is 13.3. The number of nitrogens with zero attached hydrogens (tertiary/aromatic N) is 1. The van der Waals surface area contributed by atoms with Crippen molar-refractivity contribution in [2.75, 3.05) is 33.8 Å². The van der Waals surface area contributed by atoms with Crippen LogP contribution >= 0.6 is 0 Å². The number of amides is 1. The van der Waals surface area contributed by atoms with E-state index in [0.29, 0.717) is 6.54 Å². The lowest BCUT2D eigenvalue weighted by molar-refractivity contribution is 0.150. The van der Waals surface area contributed by atoms with Gasteiger partial charge in [-0.3, -0.25) is 0 Å². The first-order valence-electron chi connectivity index (χ1n) is 6.98. The van der Waals surface area contributed by atoms with Crippen LogP contribution in [-0.4, -0.2) is 44.8 Å². The van der Waals surface area contributed by atoms with Gasteiger partial charge < -0.3 is 15.0 Å². The van der Waals surface area contributed by atoms with E-state index in [0.717, 1.165) is 12.1 Å². The molecule has 0 atom stereocenters. The van der Waals surface area contributed by atoms with Crippen molar-refractivity contribution in [3.8, 4) is 11.8 Å².